The lowest BCUT2D eigenvalue weighted by molar-refractivity contribution is -0.384. The molecule has 0 amide bonds. The average Bonchev–Trinajstić information content (AvgIpc) is 3.01. The summed E-state index contributed by atoms with van der Waals surface area (Å²) in [7, 11) is 0. The Kier molecular flexibility index (Phi) is 5.13. The van der Waals surface area contributed by atoms with Crippen molar-refractivity contribution in [2.45, 2.75) is 6.92 Å². The van der Waals surface area contributed by atoms with Gasteiger partial charge in [-0.2, -0.15) is 0 Å². The van der Waals surface area contributed by atoms with Crippen LogP contribution in [0.3, 0.4) is 0 Å². The number of hydrogen-bond acceptors (Lipinski definition) is 6. The van der Waals surface area contributed by atoms with Gasteiger partial charge in [0.25, 0.3) is 5.69 Å². The Bertz CT molecular complexity index is 1210. The molecular formula is C19H12Br2N4O2S. The lowest BCUT2D eigenvalue weighted by Crippen LogP contribution is -1.98. The molecular weight excluding hydrogens is 508 g/mol. The third-order valence-corrected chi connectivity index (χ3v) is 6.44. The van der Waals surface area contributed by atoms with Crippen LogP contribution in [0.5, 0.6) is 0 Å². The zero-order valence-electron chi connectivity index (χ0n) is 14.4. The summed E-state index contributed by atoms with van der Waals surface area (Å²) in [5.41, 5.74) is 2.69. The van der Waals surface area contributed by atoms with E-state index in [0.717, 1.165) is 30.7 Å². The second-order valence-corrected chi connectivity index (χ2v) is 8.96. The van der Waals surface area contributed by atoms with Gasteiger partial charge in [-0.3, -0.25) is 10.1 Å². The Balaban J connectivity index is 1.88. The van der Waals surface area contributed by atoms with E-state index in [4.69, 9.17) is 0 Å². The highest BCUT2D eigenvalue weighted by atomic mass is 79.9. The number of aryl methyl sites for hydroxylation is 1. The predicted octanol–water partition coefficient (Wildman–Crippen LogP) is 6.84. The van der Waals surface area contributed by atoms with Crippen LogP contribution in [0.25, 0.3) is 21.3 Å². The molecule has 0 radical (unpaired) electrons. The first kappa shape index (κ1) is 19.0. The third kappa shape index (κ3) is 3.52. The molecule has 0 bridgehead atoms. The molecule has 0 aliphatic heterocycles. The molecule has 0 atom stereocenters. The summed E-state index contributed by atoms with van der Waals surface area (Å²) in [6, 6.07) is 12.6. The molecule has 9 heteroatoms. The van der Waals surface area contributed by atoms with Gasteiger partial charge in [-0.05, 0) is 46.6 Å². The summed E-state index contributed by atoms with van der Waals surface area (Å²) in [5, 5.41) is 15.3. The van der Waals surface area contributed by atoms with Crippen molar-refractivity contribution >= 4 is 70.6 Å². The molecule has 28 heavy (non-hydrogen) atoms. The number of hydrogen-bond donors (Lipinski definition) is 1. The van der Waals surface area contributed by atoms with Crippen molar-refractivity contribution in [3.63, 3.8) is 0 Å². The molecule has 0 spiro atoms. The summed E-state index contributed by atoms with van der Waals surface area (Å²) in [4.78, 5) is 21.5. The SMILES string of the molecule is Cc1sc2ncnc(Nc3cc([N+](=O)[O-])ccc3Br)c2c1-c1ccc(Br)cc1. The van der Waals surface area contributed by atoms with Gasteiger partial charge in [-0.25, -0.2) is 9.97 Å². The first-order valence-corrected chi connectivity index (χ1v) is 10.6. The van der Waals surface area contributed by atoms with Crippen molar-refractivity contribution in [2.24, 2.45) is 0 Å². The number of halogens is 2. The minimum atomic E-state index is -0.421. The second-order valence-electron chi connectivity index (χ2n) is 5.99. The summed E-state index contributed by atoms with van der Waals surface area (Å²) < 4.78 is 1.71. The molecule has 0 unspecified atom stereocenters. The van der Waals surface area contributed by atoms with Crippen LogP contribution in [-0.4, -0.2) is 14.9 Å². The Morgan fingerprint density at radius 3 is 2.57 bits per heavy atom. The fourth-order valence-electron chi connectivity index (χ4n) is 2.95. The normalized spacial score (nSPS) is 11.0. The standard InChI is InChI=1S/C19H12Br2N4O2S/c1-10-16(11-2-4-12(20)5-3-11)17-18(22-9-23-19(17)28-10)24-15-8-13(25(26)27)6-7-14(15)21/h2-9H,1H3,(H,22,23,24). The highest BCUT2D eigenvalue weighted by Gasteiger charge is 2.18. The number of nitro benzene ring substituents is 1. The summed E-state index contributed by atoms with van der Waals surface area (Å²) in [5.74, 6) is 0.605. The zero-order valence-corrected chi connectivity index (χ0v) is 18.4. The van der Waals surface area contributed by atoms with Crippen LogP contribution in [0.2, 0.25) is 0 Å². The molecule has 6 nitrogen and oxygen atoms in total. The molecule has 4 aromatic rings. The van der Waals surface area contributed by atoms with Gasteiger partial charge in [0.15, 0.2) is 0 Å². The molecule has 1 N–H and O–H groups in total. The van der Waals surface area contributed by atoms with Crippen LogP contribution in [0, 0.1) is 17.0 Å². The minimum Gasteiger partial charge on any atom is -0.338 e. The lowest BCUT2D eigenvalue weighted by Gasteiger charge is -2.10. The molecule has 2 aromatic heterocycles. The van der Waals surface area contributed by atoms with Gasteiger partial charge in [0.2, 0.25) is 0 Å². The fraction of sp³-hybridized carbons (Fsp3) is 0.0526. The van der Waals surface area contributed by atoms with Gasteiger partial charge in [-0.15, -0.1) is 11.3 Å². The highest BCUT2D eigenvalue weighted by molar-refractivity contribution is 9.10. The van der Waals surface area contributed by atoms with Crippen LogP contribution in [0.1, 0.15) is 4.88 Å². The maximum Gasteiger partial charge on any atom is 0.271 e. The topological polar surface area (TPSA) is 81.0 Å². The molecule has 140 valence electrons. The average molecular weight is 520 g/mol. The van der Waals surface area contributed by atoms with E-state index in [0.29, 0.717) is 16.0 Å². The molecule has 0 saturated heterocycles. The van der Waals surface area contributed by atoms with Crippen LogP contribution in [-0.2, 0) is 0 Å². The number of nitrogens with zero attached hydrogens (tertiary/aromatic N) is 3. The smallest absolute Gasteiger partial charge is 0.271 e. The van der Waals surface area contributed by atoms with E-state index in [1.54, 1.807) is 17.4 Å². The second kappa shape index (κ2) is 7.57. The van der Waals surface area contributed by atoms with E-state index < -0.39 is 4.92 Å². The van der Waals surface area contributed by atoms with Crippen LogP contribution in [0.15, 0.2) is 57.7 Å². The number of anilines is 2. The van der Waals surface area contributed by atoms with Gasteiger partial charge in [-0.1, -0.05) is 28.1 Å². The Labute approximate surface area is 181 Å². The zero-order chi connectivity index (χ0) is 19.8. The number of fused-ring (bicyclic) bond motifs is 1. The van der Waals surface area contributed by atoms with Gasteiger partial charge >= 0.3 is 0 Å². The number of benzene rings is 2. The number of non-ortho nitro benzene ring substituents is 1. The quantitative estimate of drug-likeness (QED) is 0.235. The molecule has 4 rings (SSSR count). The molecule has 0 fully saturated rings. The van der Waals surface area contributed by atoms with Crippen molar-refractivity contribution in [1.29, 1.82) is 0 Å². The number of aromatic nitrogens is 2. The molecule has 0 saturated carbocycles. The van der Waals surface area contributed by atoms with Crippen LogP contribution in [0.4, 0.5) is 17.2 Å². The van der Waals surface area contributed by atoms with Crippen molar-refractivity contribution in [3.05, 3.63) is 72.7 Å². The van der Waals surface area contributed by atoms with Gasteiger partial charge < -0.3 is 5.32 Å². The van der Waals surface area contributed by atoms with Gasteiger partial charge in [0.1, 0.15) is 17.0 Å². The van der Waals surface area contributed by atoms with E-state index in [2.05, 4.69) is 54.1 Å². The van der Waals surface area contributed by atoms with Gasteiger partial charge in [0, 0.05) is 31.5 Å². The molecule has 2 aromatic carbocycles. The Morgan fingerprint density at radius 1 is 1.11 bits per heavy atom. The van der Waals surface area contributed by atoms with Crippen molar-refractivity contribution in [2.75, 3.05) is 5.32 Å². The van der Waals surface area contributed by atoms with E-state index in [-0.39, 0.29) is 5.69 Å². The van der Waals surface area contributed by atoms with Crippen LogP contribution >= 0.6 is 43.2 Å². The molecule has 0 aliphatic rings. The minimum absolute atomic E-state index is 0.00522. The van der Waals surface area contributed by atoms with E-state index in [1.165, 1.54) is 18.5 Å². The first-order chi connectivity index (χ1) is 13.4. The fourth-order valence-corrected chi connectivity index (χ4v) is 4.58. The largest absolute Gasteiger partial charge is 0.338 e. The predicted molar refractivity (Wildman–Crippen MR) is 119 cm³/mol. The van der Waals surface area contributed by atoms with Crippen molar-refractivity contribution < 1.29 is 4.92 Å². The van der Waals surface area contributed by atoms with Gasteiger partial charge in [0.05, 0.1) is 16.0 Å². The maximum atomic E-state index is 11.1. The summed E-state index contributed by atoms with van der Waals surface area (Å²) >= 11 is 8.51. The molecule has 2 heterocycles. The number of rotatable bonds is 4. The summed E-state index contributed by atoms with van der Waals surface area (Å²) in [6.45, 7) is 2.05. The third-order valence-electron chi connectivity index (χ3n) is 4.21. The van der Waals surface area contributed by atoms with Crippen LogP contribution < -0.4 is 5.32 Å². The van der Waals surface area contributed by atoms with Crippen molar-refractivity contribution in [1.82, 2.24) is 9.97 Å². The summed E-state index contributed by atoms with van der Waals surface area (Å²) in [6.07, 6.45) is 1.50. The molecule has 0 aliphatic carbocycles. The van der Waals surface area contributed by atoms with E-state index in [9.17, 15) is 10.1 Å². The maximum absolute atomic E-state index is 11.1. The number of nitrogens with one attached hydrogen (secondary N) is 1. The van der Waals surface area contributed by atoms with Crippen molar-refractivity contribution in [3.8, 4) is 11.1 Å². The number of nitro groups is 1. The lowest BCUT2D eigenvalue weighted by atomic mass is 10.0. The Morgan fingerprint density at radius 2 is 1.86 bits per heavy atom. The van der Waals surface area contributed by atoms with E-state index >= 15 is 0 Å². The highest BCUT2D eigenvalue weighted by Crippen LogP contribution is 2.42. The Hall–Kier alpha value is -2.36. The first-order valence-electron chi connectivity index (χ1n) is 8.15. The monoisotopic (exact) mass is 518 g/mol. The number of thiophene rings is 1. The van der Waals surface area contributed by atoms with E-state index in [1.807, 2.05) is 24.3 Å².